The van der Waals surface area contributed by atoms with E-state index < -0.39 is 5.60 Å². The number of hydrogen-bond acceptors (Lipinski definition) is 3. The van der Waals surface area contributed by atoms with Gasteiger partial charge in [-0.1, -0.05) is 35.0 Å². The molecule has 0 fully saturated rings. The number of aryl methyl sites for hydroxylation is 1. The molecule has 0 heterocycles. The smallest absolute Gasteiger partial charge is 0.407 e. The number of ether oxygens (including phenoxy) is 1. The van der Waals surface area contributed by atoms with Crippen LogP contribution in [0.2, 0.25) is 0 Å². The van der Waals surface area contributed by atoms with Gasteiger partial charge < -0.3 is 15.4 Å². The number of benzene rings is 1. The Morgan fingerprint density at radius 1 is 1.36 bits per heavy atom. The number of halogens is 1. The lowest BCUT2D eigenvalue weighted by Crippen LogP contribution is -2.43. The molecule has 1 amide bonds. The van der Waals surface area contributed by atoms with Gasteiger partial charge in [0.15, 0.2) is 0 Å². The third-order valence-corrected chi connectivity index (χ3v) is 4.05. The maximum absolute atomic E-state index is 11.8. The Morgan fingerprint density at radius 2 is 2.05 bits per heavy atom. The summed E-state index contributed by atoms with van der Waals surface area (Å²) < 4.78 is 6.40. The summed E-state index contributed by atoms with van der Waals surface area (Å²) in [5, 5.41) is 6.28. The largest absolute Gasteiger partial charge is 0.444 e. The molecule has 22 heavy (non-hydrogen) atoms. The molecule has 0 saturated heterocycles. The molecular formula is C17H27BrN2O2. The van der Waals surface area contributed by atoms with E-state index in [1.54, 1.807) is 0 Å². The highest BCUT2D eigenvalue weighted by atomic mass is 79.9. The normalized spacial score (nSPS) is 12.8. The van der Waals surface area contributed by atoms with E-state index in [9.17, 15) is 4.79 Å². The van der Waals surface area contributed by atoms with E-state index in [0.29, 0.717) is 6.54 Å². The van der Waals surface area contributed by atoms with Crippen molar-refractivity contribution in [2.24, 2.45) is 0 Å². The van der Waals surface area contributed by atoms with Gasteiger partial charge in [-0.2, -0.15) is 0 Å². The molecule has 2 N–H and O–H groups in total. The zero-order chi connectivity index (χ0) is 16.8. The fraction of sp³-hybridized carbons (Fsp3) is 0.588. The molecule has 1 rings (SSSR count). The average molecular weight is 371 g/mol. The van der Waals surface area contributed by atoms with Crippen molar-refractivity contribution in [1.29, 1.82) is 0 Å². The van der Waals surface area contributed by atoms with Gasteiger partial charge in [-0.3, -0.25) is 0 Å². The van der Waals surface area contributed by atoms with Gasteiger partial charge in [-0.15, -0.1) is 0 Å². The lowest BCUT2D eigenvalue weighted by Gasteiger charge is -2.23. The third kappa shape index (κ3) is 7.27. The van der Waals surface area contributed by atoms with Crippen molar-refractivity contribution < 1.29 is 9.53 Å². The van der Waals surface area contributed by atoms with Crippen LogP contribution in [0.3, 0.4) is 0 Å². The second kappa shape index (κ2) is 8.53. The molecule has 0 aliphatic rings. The molecule has 0 spiro atoms. The van der Waals surface area contributed by atoms with Gasteiger partial charge in [0.05, 0.1) is 0 Å². The standard InChI is InChI=1S/C17H27BrN2O2/c1-6-14(20-16(21)22-17(3,4)5)11-19-10-13-7-8-15(18)12(2)9-13/h7-9,14,19H,6,10-11H2,1-5H3,(H,20,21). The number of nitrogens with one attached hydrogen (secondary N) is 2. The van der Waals surface area contributed by atoms with Crippen molar-refractivity contribution in [1.82, 2.24) is 10.6 Å². The average Bonchev–Trinajstić information content (AvgIpc) is 2.39. The highest BCUT2D eigenvalue weighted by molar-refractivity contribution is 9.10. The Balaban J connectivity index is 2.40. The summed E-state index contributed by atoms with van der Waals surface area (Å²) in [4.78, 5) is 11.8. The summed E-state index contributed by atoms with van der Waals surface area (Å²) >= 11 is 3.50. The zero-order valence-electron chi connectivity index (χ0n) is 14.1. The van der Waals surface area contributed by atoms with Gasteiger partial charge in [0.2, 0.25) is 0 Å². The predicted octanol–water partition coefficient (Wildman–Crippen LogP) is 4.15. The Kier molecular flexibility index (Phi) is 7.36. The van der Waals surface area contributed by atoms with Crippen LogP contribution >= 0.6 is 15.9 Å². The predicted molar refractivity (Wildman–Crippen MR) is 94.0 cm³/mol. The fourth-order valence-electron chi connectivity index (χ4n) is 1.98. The van der Waals surface area contributed by atoms with Crippen molar-refractivity contribution in [3.63, 3.8) is 0 Å². The SMILES string of the molecule is CCC(CNCc1ccc(Br)c(C)c1)NC(=O)OC(C)(C)C. The lowest BCUT2D eigenvalue weighted by molar-refractivity contribution is 0.0502. The second-order valence-corrected chi connectivity index (χ2v) is 7.32. The van der Waals surface area contributed by atoms with Crippen LogP contribution in [0, 0.1) is 6.92 Å². The number of carbonyl (C=O) groups is 1. The third-order valence-electron chi connectivity index (χ3n) is 3.16. The van der Waals surface area contributed by atoms with E-state index in [1.807, 2.05) is 27.7 Å². The minimum absolute atomic E-state index is 0.0615. The number of amides is 1. The molecule has 1 atom stereocenters. The van der Waals surface area contributed by atoms with Crippen LogP contribution in [-0.4, -0.2) is 24.3 Å². The summed E-state index contributed by atoms with van der Waals surface area (Å²) in [5.41, 5.74) is 1.98. The van der Waals surface area contributed by atoms with Crippen LogP contribution in [0.4, 0.5) is 4.79 Å². The Hall–Kier alpha value is -1.07. The molecule has 4 nitrogen and oxygen atoms in total. The Bertz CT molecular complexity index is 498. The van der Waals surface area contributed by atoms with Crippen LogP contribution in [0.15, 0.2) is 22.7 Å². The first kappa shape index (κ1) is 19.0. The molecule has 0 radical (unpaired) electrons. The Labute approximate surface area is 142 Å². The van der Waals surface area contributed by atoms with Crippen LogP contribution in [0.1, 0.15) is 45.2 Å². The molecule has 1 aromatic rings. The van der Waals surface area contributed by atoms with E-state index >= 15 is 0 Å². The minimum atomic E-state index is -0.468. The molecule has 0 aliphatic heterocycles. The summed E-state index contributed by atoms with van der Waals surface area (Å²) in [6.07, 6.45) is 0.492. The number of alkyl carbamates (subject to hydrolysis) is 1. The number of hydrogen-bond donors (Lipinski definition) is 2. The molecule has 5 heteroatoms. The fourth-order valence-corrected chi connectivity index (χ4v) is 2.23. The van der Waals surface area contributed by atoms with Gasteiger partial charge in [0.1, 0.15) is 5.60 Å². The first-order valence-corrected chi connectivity index (χ1v) is 8.46. The summed E-state index contributed by atoms with van der Waals surface area (Å²) in [6, 6.07) is 6.36. The van der Waals surface area contributed by atoms with E-state index in [4.69, 9.17) is 4.74 Å². The highest BCUT2D eigenvalue weighted by Gasteiger charge is 2.18. The van der Waals surface area contributed by atoms with Crippen molar-refractivity contribution >= 4 is 22.0 Å². The summed E-state index contributed by atoms with van der Waals surface area (Å²) in [6.45, 7) is 11.2. The molecule has 0 bridgehead atoms. The monoisotopic (exact) mass is 370 g/mol. The van der Waals surface area contributed by atoms with Gasteiger partial charge in [0, 0.05) is 23.6 Å². The summed E-state index contributed by atoms with van der Waals surface area (Å²) in [7, 11) is 0. The van der Waals surface area contributed by atoms with Crippen molar-refractivity contribution in [2.45, 2.75) is 59.2 Å². The maximum atomic E-state index is 11.8. The van der Waals surface area contributed by atoms with Gasteiger partial charge in [-0.05, 0) is 51.3 Å². The topological polar surface area (TPSA) is 50.4 Å². The number of rotatable bonds is 6. The van der Waals surface area contributed by atoms with E-state index in [-0.39, 0.29) is 12.1 Å². The molecule has 0 saturated carbocycles. The molecular weight excluding hydrogens is 344 g/mol. The van der Waals surface area contributed by atoms with Crippen LogP contribution < -0.4 is 10.6 Å². The molecule has 124 valence electrons. The molecule has 0 aromatic heterocycles. The van der Waals surface area contributed by atoms with Crippen molar-refractivity contribution in [3.8, 4) is 0 Å². The van der Waals surface area contributed by atoms with Crippen LogP contribution in [0.5, 0.6) is 0 Å². The lowest BCUT2D eigenvalue weighted by atomic mass is 10.1. The molecule has 0 aliphatic carbocycles. The van der Waals surface area contributed by atoms with E-state index in [2.05, 4.69) is 51.7 Å². The minimum Gasteiger partial charge on any atom is -0.444 e. The van der Waals surface area contributed by atoms with E-state index in [0.717, 1.165) is 17.4 Å². The van der Waals surface area contributed by atoms with Gasteiger partial charge in [0.25, 0.3) is 0 Å². The van der Waals surface area contributed by atoms with E-state index in [1.165, 1.54) is 11.1 Å². The van der Waals surface area contributed by atoms with Crippen LogP contribution in [0.25, 0.3) is 0 Å². The zero-order valence-corrected chi connectivity index (χ0v) is 15.7. The van der Waals surface area contributed by atoms with Gasteiger partial charge in [-0.25, -0.2) is 4.79 Å². The highest BCUT2D eigenvalue weighted by Crippen LogP contribution is 2.16. The van der Waals surface area contributed by atoms with Crippen LogP contribution in [-0.2, 0) is 11.3 Å². The molecule has 1 aromatic carbocycles. The summed E-state index contributed by atoms with van der Waals surface area (Å²) in [5.74, 6) is 0. The first-order valence-electron chi connectivity index (χ1n) is 7.66. The quantitative estimate of drug-likeness (QED) is 0.790. The maximum Gasteiger partial charge on any atom is 0.407 e. The Morgan fingerprint density at radius 3 is 2.59 bits per heavy atom. The van der Waals surface area contributed by atoms with Gasteiger partial charge >= 0.3 is 6.09 Å². The molecule has 1 unspecified atom stereocenters. The number of carbonyl (C=O) groups excluding carboxylic acids is 1. The second-order valence-electron chi connectivity index (χ2n) is 6.47. The first-order chi connectivity index (χ1) is 10.2. The van der Waals surface area contributed by atoms with Crippen molar-refractivity contribution in [2.75, 3.05) is 6.54 Å². The van der Waals surface area contributed by atoms with Crippen molar-refractivity contribution in [3.05, 3.63) is 33.8 Å².